The van der Waals surface area contributed by atoms with E-state index in [4.69, 9.17) is 22.1 Å². The van der Waals surface area contributed by atoms with Crippen molar-refractivity contribution in [1.29, 1.82) is 0 Å². The number of carbonyl (C=O) groups is 1. The molecule has 17 heavy (non-hydrogen) atoms. The molecule has 0 aromatic heterocycles. The minimum atomic E-state index is -0.0488. The predicted molar refractivity (Wildman–Crippen MR) is 66.3 cm³/mol. The summed E-state index contributed by atoms with van der Waals surface area (Å²) in [7, 11) is 0. The Labute approximate surface area is 104 Å². The number of urea groups is 1. The highest BCUT2D eigenvalue weighted by Crippen LogP contribution is 2.26. The lowest BCUT2D eigenvalue weighted by Crippen LogP contribution is -2.31. The topological polar surface area (TPSA) is 67.6 Å². The average Bonchev–Trinajstić information content (AvgIpc) is 2.70. The molecule has 1 heterocycles. The fourth-order valence-electron chi connectivity index (χ4n) is 1.62. The van der Waals surface area contributed by atoms with Crippen LogP contribution in [0.1, 0.15) is 0 Å². The van der Waals surface area contributed by atoms with E-state index in [0.717, 1.165) is 0 Å². The Hall–Kier alpha value is -1.62. The van der Waals surface area contributed by atoms with Crippen LogP contribution in [0.2, 0.25) is 5.02 Å². The van der Waals surface area contributed by atoms with Crippen molar-refractivity contribution in [2.75, 3.05) is 32.0 Å². The maximum atomic E-state index is 11.3. The third-order valence-corrected chi connectivity index (χ3v) is 2.83. The molecular weight excluding hydrogens is 242 g/mol. The minimum absolute atomic E-state index is 0.0488. The molecule has 1 saturated heterocycles. The van der Waals surface area contributed by atoms with Crippen molar-refractivity contribution in [2.24, 2.45) is 0 Å². The van der Waals surface area contributed by atoms with Gasteiger partial charge < -0.3 is 20.7 Å². The van der Waals surface area contributed by atoms with Gasteiger partial charge in [-0.2, -0.15) is 0 Å². The Morgan fingerprint density at radius 2 is 2.35 bits per heavy atom. The number of rotatable bonds is 4. The molecule has 2 rings (SSSR count). The Morgan fingerprint density at radius 3 is 3.06 bits per heavy atom. The van der Waals surface area contributed by atoms with Crippen LogP contribution < -0.4 is 15.8 Å². The van der Waals surface area contributed by atoms with Gasteiger partial charge in [0.1, 0.15) is 12.4 Å². The van der Waals surface area contributed by atoms with Crippen molar-refractivity contribution < 1.29 is 9.53 Å². The number of anilines is 1. The van der Waals surface area contributed by atoms with Gasteiger partial charge in [-0.05, 0) is 12.1 Å². The fourth-order valence-corrected chi connectivity index (χ4v) is 1.79. The van der Waals surface area contributed by atoms with Crippen molar-refractivity contribution in [1.82, 2.24) is 10.2 Å². The Balaban J connectivity index is 1.85. The minimum Gasteiger partial charge on any atom is -0.490 e. The zero-order chi connectivity index (χ0) is 12.3. The van der Waals surface area contributed by atoms with E-state index in [2.05, 4.69) is 5.32 Å². The number of nitrogens with two attached hydrogens (primary N) is 1. The molecule has 1 aromatic rings. The molecule has 0 unspecified atom stereocenters. The van der Waals surface area contributed by atoms with Gasteiger partial charge >= 0.3 is 6.03 Å². The number of nitrogens with one attached hydrogen (secondary N) is 1. The number of hydrogen-bond donors (Lipinski definition) is 2. The van der Waals surface area contributed by atoms with E-state index in [1.165, 1.54) is 0 Å². The van der Waals surface area contributed by atoms with Gasteiger partial charge in [-0.25, -0.2) is 4.79 Å². The van der Waals surface area contributed by atoms with Crippen LogP contribution in [0.5, 0.6) is 5.75 Å². The quantitative estimate of drug-likeness (QED) is 0.798. The second kappa shape index (κ2) is 5.14. The van der Waals surface area contributed by atoms with Crippen LogP contribution >= 0.6 is 11.6 Å². The second-order valence-electron chi connectivity index (χ2n) is 3.76. The van der Waals surface area contributed by atoms with Crippen LogP contribution in [-0.4, -0.2) is 37.2 Å². The maximum Gasteiger partial charge on any atom is 0.317 e. The molecule has 0 bridgehead atoms. The summed E-state index contributed by atoms with van der Waals surface area (Å²) in [6.45, 7) is 2.35. The molecule has 92 valence electrons. The molecule has 0 aliphatic carbocycles. The Kier molecular flexibility index (Phi) is 3.58. The molecule has 0 spiro atoms. The van der Waals surface area contributed by atoms with Crippen molar-refractivity contribution in [3.8, 4) is 5.75 Å². The highest BCUT2D eigenvalue weighted by molar-refractivity contribution is 6.32. The smallest absolute Gasteiger partial charge is 0.317 e. The van der Waals surface area contributed by atoms with Gasteiger partial charge in [-0.1, -0.05) is 11.6 Å². The summed E-state index contributed by atoms with van der Waals surface area (Å²) in [5, 5.41) is 3.24. The van der Waals surface area contributed by atoms with E-state index in [0.29, 0.717) is 42.7 Å². The predicted octanol–water partition coefficient (Wildman–Crippen LogP) is 1.33. The van der Waals surface area contributed by atoms with E-state index in [9.17, 15) is 4.79 Å². The number of benzene rings is 1. The number of halogens is 1. The highest BCUT2D eigenvalue weighted by Gasteiger charge is 2.18. The lowest BCUT2D eigenvalue weighted by molar-refractivity contribution is 0.202. The average molecular weight is 256 g/mol. The van der Waals surface area contributed by atoms with Gasteiger partial charge in [-0.15, -0.1) is 0 Å². The van der Waals surface area contributed by atoms with Crippen molar-refractivity contribution in [2.45, 2.75) is 0 Å². The van der Waals surface area contributed by atoms with Gasteiger partial charge in [0.15, 0.2) is 0 Å². The molecule has 0 atom stereocenters. The molecule has 0 saturated carbocycles. The molecule has 1 aliphatic rings. The molecule has 1 fully saturated rings. The van der Waals surface area contributed by atoms with E-state index < -0.39 is 0 Å². The van der Waals surface area contributed by atoms with Gasteiger partial charge in [0.05, 0.1) is 11.6 Å². The molecule has 3 N–H and O–H groups in total. The summed E-state index contributed by atoms with van der Waals surface area (Å²) in [4.78, 5) is 12.9. The van der Waals surface area contributed by atoms with Crippen molar-refractivity contribution in [3.05, 3.63) is 23.2 Å². The highest BCUT2D eigenvalue weighted by atomic mass is 35.5. The van der Waals surface area contributed by atoms with Crippen LogP contribution in [0.4, 0.5) is 10.5 Å². The summed E-state index contributed by atoms with van der Waals surface area (Å²) >= 11 is 5.95. The third-order valence-electron chi connectivity index (χ3n) is 2.52. The molecule has 1 aromatic carbocycles. The van der Waals surface area contributed by atoms with E-state index >= 15 is 0 Å². The number of carbonyl (C=O) groups excluding carboxylic acids is 1. The molecular formula is C11H14ClN3O2. The van der Waals surface area contributed by atoms with E-state index in [-0.39, 0.29) is 6.03 Å². The number of nitrogen functional groups attached to an aromatic ring is 1. The zero-order valence-electron chi connectivity index (χ0n) is 9.28. The summed E-state index contributed by atoms with van der Waals surface area (Å²) in [5.41, 5.74) is 6.23. The largest absolute Gasteiger partial charge is 0.490 e. The van der Waals surface area contributed by atoms with Crippen LogP contribution in [-0.2, 0) is 0 Å². The van der Waals surface area contributed by atoms with Crippen LogP contribution in [0.15, 0.2) is 18.2 Å². The first-order chi connectivity index (χ1) is 8.16. The van der Waals surface area contributed by atoms with Gasteiger partial charge in [0, 0.05) is 24.8 Å². The number of nitrogens with zero attached hydrogens (tertiary/aromatic N) is 1. The summed E-state index contributed by atoms with van der Waals surface area (Å²) < 4.78 is 5.49. The summed E-state index contributed by atoms with van der Waals surface area (Å²) in [6, 6.07) is 5.02. The van der Waals surface area contributed by atoms with Gasteiger partial charge in [0.2, 0.25) is 0 Å². The van der Waals surface area contributed by atoms with Gasteiger partial charge in [0.25, 0.3) is 0 Å². The van der Waals surface area contributed by atoms with Crippen LogP contribution in [0.25, 0.3) is 0 Å². The maximum absolute atomic E-state index is 11.3. The van der Waals surface area contributed by atoms with Crippen LogP contribution in [0, 0.1) is 0 Å². The molecule has 5 nitrogen and oxygen atoms in total. The summed E-state index contributed by atoms with van der Waals surface area (Å²) in [6.07, 6.45) is 0. The lowest BCUT2D eigenvalue weighted by atomic mass is 10.3. The first kappa shape index (κ1) is 11.9. The van der Waals surface area contributed by atoms with Crippen molar-refractivity contribution >= 4 is 23.3 Å². The first-order valence-electron chi connectivity index (χ1n) is 5.37. The van der Waals surface area contributed by atoms with E-state index in [1.54, 1.807) is 23.1 Å². The number of amides is 2. The van der Waals surface area contributed by atoms with Crippen LogP contribution in [0.3, 0.4) is 0 Å². The van der Waals surface area contributed by atoms with E-state index in [1.807, 2.05) is 0 Å². The van der Waals surface area contributed by atoms with Gasteiger partial charge in [-0.3, -0.25) is 0 Å². The fraction of sp³-hybridized carbons (Fsp3) is 0.364. The normalized spacial score (nSPS) is 14.9. The zero-order valence-corrected chi connectivity index (χ0v) is 10.0. The Bertz CT molecular complexity index is 425. The molecule has 0 radical (unpaired) electrons. The molecule has 2 amide bonds. The SMILES string of the molecule is Nc1ccc(Cl)c(OCCN2CCNC2=O)c1. The van der Waals surface area contributed by atoms with Crippen molar-refractivity contribution in [3.63, 3.8) is 0 Å². The second-order valence-corrected chi connectivity index (χ2v) is 4.16. The monoisotopic (exact) mass is 255 g/mol. The Morgan fingerprint density at radius 1 is 1.53 bits per heavy atom. The summed E-state index contributed by atoms with van der Waals surface area (Å²) in [5.74, 6) is 0.547. The third kappa shape index (κ3) is 2.94. The number of hydrogen-bond acceptors (Lipinski definition) is 3. The lowest BCUT2D eigenvalue weighted by Gasteiger charge is -2.15. The standard InChI is InChI=1S/C11H14ClN3O2/c12-9-2-1-8(13)7-10(9)17-6-5-15-4-3-14-11(15)16/h1-2,7H,3-6,13H2,(H,14,16). The molecule has 1 aliphatic heterocycles. The first-order valence-corrected chi connectivity index (χ1v) is 5.75. The molecule has 6 heteroatoms. The number of ether oxygens (including phenoxy) is 1.